The van der Waals surface area contributed by atoms with Crippen molar-refractivity contribution in [3.63, 3.8) is 0 Å². The third kappa shape index (κ3) is 5.49. The Balaban J connectivity index is 1.20. The summed E-state index contributed by atoms with van der Waals surface area (Å²) in [5.41, 5.74) is 11.1. The van der Waals surface area contributed by atoms with Gasteiger partial charge in [-0.2, -0.15) is 4.98 Å². The lowest BCUT2D eigenvalue weighted by molar-refractivity contribution is -0.0620. The number of aromatic amines is 1. The predicted molar refractivity (Wildman–Crippen MR) is 148 cm³/mol. The number of nitrogen functional groups attached to an aromatic ring is 2. The number of aromatic nitrogens is 7. The lowest BCUT2D eigenvalue weighted by Gasteiger charge is -2.25. The number of nitrogens with zero attached hydrogens (tertiary/aromatic N) is 6. The number of anilines is 2. The second-order valence-electron chi connectivity index (χ2n) is 10.5. The van der Waals surface area contributed by atoms with Gasteiger partial charge in [-0.1, -0.05) is 0 Å². The highest BCUT2D eigenvalue weighted by Crippen LogP contribution is 2.52. The Morgan fingerprint density at radius 2 is 1.61 bits per heavy atom. The number of nitrogens with two attached hydrogens (primary N) is 2. The molecule has 7 rings (SSSR count). The van der Waals surface area contributed by atoms with E-state index in [1.54, 1.807) is 0 Å². The number of phosphoric acid groups is 1. The minimum atomic E-state index is -5.20. The fourth-order valence-corrected chi connectivity index (χ4v) is 7.18. The summed E-state index contributed by atoms with van der Waals surface area (Å²) >= 11 is 0. The molecule has 4 unspecified atom stereocenters. The van der Waals surface area contributed by atoms with E-state index in [4.69, 9.17) is 39.2 Å². The fraction of sp³-hybridized carbons (Fsp3) is 0.500. The van der Waals surface area contributed by atoms with Gasteiger partial charge in [0.15, 0.2) is 41.6 Å². The van der Waals surface area contributed by atoms with Gasteiger partial charge in [-0.15, -0.1) is 0 Å². The maximum absolute atomic E-state index is 15.9. The molecule has 7 N–H and O–H groups in total. The van der Waals surface area contributed by atoms with Gasteiger partial charge in [-0.25, -0.2) is 28.3 Å². The summed E-state index contributed by atoms with van der Waals surface area (Å²) in [6.07, 6.45) is -11.6. The Morgan fingerprint density at radius 3 is 2.39 bits per heavy atom. The highest BCUT2D eigenvalue weighted by atomic mass is 31.2. The van der Waals surface area contributed by atoms with Gasteiger partial charge in [-0.05, 0) is 6.07 Å². The number of imidazole rings is 2. The molecule has 24 heteroatoms. The zero-order valence-corrected chi connectivity index (χ0v) is 24.9. The first-order valence-corrected chi connectivity index (χ1v) is 16.7. The summed E-state index contributed by atoms with van der Waals surface area (Å²) in [6.45, 7) is -1.75. The fourth-order valence-electron chi connectivity index (χ4n) is 5.45. The van der Waals surface area contributed by atoms with E-state index in [2.05, 4.69) is 24.9 Å². The number of fused-ring (bicyclic) bond motifs is 5. The Kier molecular flexibility index (Phi) is 7.71. The number of pyridine rings is 1. The summed E-state index contributed by atoms with van der Waals surface area (Å²) < 4.78 is 92.2. The number of ether oxygens (including phenoxy) is 3. The van der Waals surface area contributed by atoms with E-state index in [0.29, 0.717) is 0 Å². The molecule has 4 aromatic heterocycles. The van der Waals surface area contributed by atoms with Crippen molar-refractivity contribution in [3.05, 3.63) is 35.3 Å². The maximum Gasteiger partial charge on any atom is 0.472 e. The Morgan fingerprint density at radius 1 is 0.913 bits per heavy atom. The smallest absolute Gasteiger partial charge is 0.397 e. The zero-order valence-electron chi connectivity index (χ0n) is 23.1. The van der Waals surface area contributed by atoms with Crippen molar-refractivity contribution >= 4 is 49.4 Å². The number of alkyl halides is 2. The van der Waals surface area contributed by atoms with Crippen molar-refractivity contribution in [2.45, 2.75) is 49.2 Å². The SMILES string of the molecule is Nc1nc2c(ncn2[C@@H]2O[C@@H]3COP(=O)(O)COC4[C@@H](COP(=O)(O)O[C@H]2C3F)O[C@@H](n2cnc3c(N)ccnc32)[C@H]4F)c(=O)[nH]1. The van der Waals surface area contributed by atoms with Crippen LogP contribution >= 0.6 is 15.4 Å². The van der Waals surface area contributed by atoms with Gasteiger partial charge in [0.1, 0.15) is 36.3 Å². The number of hydrogen-bond donors (Lipinski definition) is 5. The summed E-state index contributed by atoms with van der Waals surface area (Å²) in [7, 11) is -9.90. The summed E-state index contributed by atoms with van der Waals surface area (Å²) in [4.78, 5) is 51.8. The molecule has 20 nitrogen and oxygen atoms in total. The van der Waals surface area contributed by atoms with Gasteiger partial charge >= 0.3 is 15.4 Å². The van der Waals surface area contributed by atoms with Crippen LogP contribution in [0.5, 0.6) is 0 Å². The van der Waals surface area contributed by atoms with Crippen molar-refractivity contribution < 1.29 is 55.5 Å². The molecule has 4 aromatic rings. The first-order chi connectivity index (χ1) is 21.8. The average Bonchev–Trinajstić information content (AvgIpc) is 3.75. The van der Waals surface area contributed by atoms with Crippen LogP contribution in [0.25, 0.3) is 22.3 Å². The predicted octanol–water partition coefficient (Wildman–Crippen LogP) is 0.260. The Hall–Kier alpha value is -3.43. The lowest BCUT2D eigenvalue weighted by atomic mass is 10.1. The molecule has 0 aromatic carbocycles. The third-order valence-corrected chi connectivity index (χ3v) is 9.56. The van der Waals surface area contributed by atoms with Crippen LogP contribution in [0.4, 0.5) is 20.4 Å². The van der Waals surface area contributed by atoms with E-state index in [0.717, 1.165) is 10.9 Å². The molecule has 7 heterocycles. The van der Waals surface area contributed by atoms with Crippen LogP contribution in [0.1, 0.15) is 12.5 Å². The molecule has 0 spiro atoms. The maximum atomic E-state index is 15.9. The van der Waals surface area contributed by atoms with E-state index in [1.807, 2.05) is 0 Å². The average molecular weight is 691 g/mol. The van der Waals surface area contributed by atoms with Gasteiger partial charge in [0, 0.05) is 6.20 Å². The molecule has 3 saturated heterocycles. The molecule has 3 aliphatic rings. The van der Waals surface area contributed by atoms with Crippen molar-refractivity contribution in [1.29, 1.82) is 0 Å². The summed E-state index contributed by atoms with van der Waals surface area (Å²) in [5, 5.41) is 0. The zero-order chi connectivity index (χ0) is 32.5. The third-order valence-electron chi connectivity index (χ3n) is 7.55. The Bertz CT molecular complexity index is 1960. The second kappa shape index (κ2) is 11.4. The Labute approximate surface area is 254 Å². The highest BCUT2D eigenvalue weighted by Gasteiger charge is 2.53. The first-order valence-electron chi connectivity index (χ1n) is 13.4. The van der Waals surface area contributed by atoms with E-state index >= 15 is 8.78 Å². The van der Waals surface area contributed by atoms with Crippen LogP contribution in [-0.4, -0.2) is 100 Å². The van der Waals surface area contributed by atoms with Gasteiger partial charge in [0.25, 0.3) is 5.56 Å². The van der Waals surface area contributed by atoms with Crippen LogP contribution in [0.3, 0.4) is 0 Å². The van der Waals surface area contributed by atoms with Gasteiger partial charge in [0.05, 0.1) is 31.6 Å². The van der Waals surface area contributed by atoms with Gasteiger partial charge < -0.3 is 40.0 Å². The summed E-state index contributed by atoms with van der Waals surface area (Å²) in [5.74, 6) is -0.319. The summed E-state index contributed by atoms with van der Waals surface area (Å²) in [6, 6.07) is 1.49. The van der Waals surface area contributed by atoms with Crippen LogP contribution < -0.4 is 17.0 Å². The van der Waals surface area contributed by atoms with E-state index in [9.17, 15) is 23.7 Å². The number of phosphoric ester groups is 1. The topological polar surface area (TPSA) is 276 Å². The van der Waals surface area contributed by atoms with Crippen LogP contribution in [0.15, 0.2) is 29.7 Å². The molecule has 3 fully saturated rings. The van der Waals surface area contributed by atoms with Crippen LogP contribution in [0, 0.1) is 0 Å². The molecule has 0 saturated carbocycles. The quantitative estimate of drug-likeness (QED) is 0.176. The number of H-pyrrole nitrogens is 1. The number of hydrogen-bond acceptors (Lipinski definition) is 15. The van der Waals surface area contributed by atoms with E-state index < -0.39 is 89.8 Å². The van der Waals surface area contributed by atoms with Crippen molar-refractivity contribution in [2.24, 2.45) is 0 Å². The lowest BCUT2D eigenvalue weighted by Crippen LogP contribution is -2.36. The molecule has 3 aliphatic heterocycles. The molecule has 0 radical (unpaired) electrons. The van der Waals surface area contributed by atoms with E-state index in [1.165, 1.54) is 23.2 Å². The molecule has 0 amide bonds. The minimum Gasteiger partial charge on any atom is -0.397 e. The van der Waals surface area contributed by atoms with Crippen molar-refractivity contribution in [2.75, 3.05) is 31.0 Å². The molecule has 0 aliphatic carbocycles. The van der Waals surface area contributed by atoms with Crippen LogP contribution in [-0.2, 0) is 36.9 Å². The van der Waals surface area contributed by atoms with Crippen LogP contribution in [0.2, 0.25) is 0 Å². The minimum absolute atomic E-state index is 0.146. The first kappa shape index (κ1) is 31.2. The molecule has 10 atom stereocenters. The largest absolute Gasteiger partial charge is 0.472 e. The van der Waals surface area contributed by atoms with Crippen molar-refractivity contribution in [3.8, 4) is 0 Å². The molecule has 46 heavy (non-hydrogen) atoms. The number of rotatable bonds is 2. The monoisotopic (exact) mass is 691 g/mol. The number of nitrogens with one attached hydrogen (secondary N) is 1. The van der Waals surface area contributed by atoms with Gasteiger partial charge in [-0.3, -0.25) is 32.5 Å². The van der Waals surface area contributed by atoms with E-state index in [-0.39, 0.29) is 34.0 Å². The highest BCUT2D eigenvalue weighted by molar-refractivity contribution is 7.52. The molecule has 2 bridgehead atoms. The molecule has 248 valence electrons. The van der Waals surface area contributed by atoms with Gasteiger partial charge in [0.2, 0.25) is 5.95 Å². The second-order valence-corrected chi connectivity index (χ2v) is 13.7. The normalized spacial score (nSPS) is 37.4. The van der Waals surface area contributed by atoms with Crippen molar-refractivity contribution in [1.82, 2.24) is 34.1 Å². The number of halogens is 2. The standard InChI is InChI=1S/C22H25F2N9O11P2/c23-11-9-3-40-45(35,36)7-39-15-10(43-20(12(15)24)32-5-28-13-8(25)1-2-27-17(13)32)4-41-46(37,38)44-16(11)21(42-9)33-6-29-14-18(33)30-22(26)31-19(14)34/h1-2,5-6,9-12,15-16,20-21H,3-4,7H2,(H2,25,27)(H,35,36)(H,37,38)(H3,26,30,31,34)/t9-,10-,11?,12+,15?,16+,20-,21-/m1/s1. The molecular weight excluding hydrogens is 666 g/mol. The molecular formula is C22H25F2N9O11P2.